The molecule has 1 aromatic heterocycles. The first-order valence-corrected chi connectivity index (χ1v) is 17.8. The van der Waals surface area contributed by atoms with Crippen molar-refractivity contribution in [3.63, 3.8) is 0 Å². The van der Waals surface area contributed by atoms with Crippen LogP contribution in [-0.2, 0) is 6.42 Å². The lowest BCUT2D eigenvalue weighted by molar-refractivity contribution is 0.718. The van der Waals surface area contributed by atoms with Gasteiger partial charge in [-0.2, -0.15) is 0 Å². The molecule has 0 bridgehead atoms. The third-order valence-electron chi connectivity index (χ3n) is 10.2. The molecule has 8 aromatic rings. The predicted molar refractivity (Wildman–Crippen MR) is 217 cm³/mol. The van der Waals surface area contributed by atoms with Gasteiger partial charge < -0.3 is 9.88 Å². The van der Waals surface area contributed by atoms with Gasteiger partial charge in [0.15, 0.2) is 0 Å². The minimum absolute atomic E-state index is 0.498. The molecule has 7 aromatic carbocycles. The molecule has 2 nitrogen and oxygen atoms in total. The minimum Gasteiger partial charge on any atom is -0.355 e. The van der Waals surface area contributed by atoms with E-state index in [0.717, 1.165) is 17.8 Å². The first-order chi connectivity index (χ1) is 25.2. The largest absolute Gasteiger partial charge is 0.355 e. The summed E-state index contributed by atoms with van der Waals surface area (Å²) in [4.78, 5) is 0. The SMILES string of the molecule is CC1C=Cc2c(c3cc(-c4ccc(Nc5ccc(-c6ccccc6)cc5)c(-c5ccccc5)c4)ccc3n2-c2ccc(-c3ccccc3)cc2)C1. The Morgan fingerprint density at radius 3 is 1.69 bits per heavy atom. The molecule has 0 fully saturated rings. The van der Waals surface area contributed by atoms with Crippen LogP contribution in [0.1, 0.15) is 18.2 Å². The summed E-state index contributed by atoms with van der Waals surface area (Å²) in [5, 5.41) is 5.06. The number of nitrogens with one attached hydrogen (secondary N) is 1. The quantitative estimate of drug-likeness (QED) is 0.181. The topological polar surface area (TPSA) is 17.0 Å². The van der Waals surface area contributed by atoms with Gasteiger partial charge in [-0.25, -0.2) is 0 Å². The molecule has 2 heteroatoms. The Morgan fingerprint density at radius 2 is 1.04 bits per heavy atom. The van der Waals surface area contributed by atoms with Gasteiger partial charge in [0, 0.05) is 33.7 Å². The molecule has 1 heterocycles. The van der Waals surface area contributed by atoms with Crippen molar-refractivity contribution in [2.24, 2.45) is 5.92 Å². The minimum atomic E-state index is 0.498. The summed E-state index contributed by atoms with van der Waals surface area (Å²) in [6, 6.07) is 63.3. The molecule has 0 aliphatic heterocycles. The average Bonchev–Trinajstić information content (AvgIpc) is 3.52. The number of nitrogens with zero attached hydrogens (tertiary/aromatic N) is 1. The fourth-order valence-corrected chi connectivity index (χ4v) is 7.52. The van der Waals surface area contributed by atoms with Gasteiger partial charge in [-0.3, -0.25) is 0 Å². The number of anilines is 2. The van der Waals surface area contributed by atoms with Crippen molar-refractivity contribution < 1.29 is 0 Å². The zero-order valence-corrected chi connectivity index (χ0v) is 28.6. The van der Waals surface area contributed by atoms with E-state index in [9.17, 15) is 0 Å². The van der Waals surface area contributed by atoms with E-state index < -0.39 is 0 Å². The maximum Gasteiger partial charge on any atom is 0.0538 e. The van der Waals surface area contributed by atoms with Crippen LogP contribution in [-0.4, -0.2) is 4.57 Å². The molecule has 51 heavy (non-hydrogen) atoms. The first kappa shape index (κ1) is 30.7. The molecule has 0 spiro atoms. The number of hydrogen-bond donors (Lipinski definition) is 1. The van der Waals surface area contributed by atoms with Gasteiger partial charge in [0.2, 0.25) is 0 Å². The number of hydrogen-bond acceptors (Lipinski definition) is 1. The predicted octanol–water partition coefficient (Wildman–Crippen LogP) is 13.2. The molecule has 1 N–H and O–H groups in total. The van der Waals surface area contributed by atoms with E-state index in [-0.39, 0.29) is 0 Å². The second kappa shape index (κ2) is 13.2. The lowest BCUT2D eigenvalue weighted by atomic mass is 9.91. The van der Waals surface area contributed by atoms with Crippen LogP contribution >= 0.6 is 0 Å². The number of allylic oxidation sites excluding steroid dienone is 1. The maximum atomic E-state index is 3.73. The van der Waals surface area contributed by atoms with Crippen LogP contribution in [0.4, 0.5) is 11.4 Å². The van der Waals surface area contributed by atoms with E-state index in [2.05, 4.69) is 205 Å². The van der Waals surface area contributed by atoms with Gasteiger partial charge >= 0.3 is 0 Å². The molecular formula is C49H38N2. The molecule has 0 radical (unpaired) electrons. The summed E-state index contributed by atoms with van der Waals surface area (Å²) in [5.41, 5.74) is 17.0. The van der Waals surface area contributed by atoms with Crippen molar-refractivity contribution in [1.29, 1.82) is 0 Å². The fraction of sp³-hybridized carbons (Fsp3) is 0.0612. The van der Waals surface area contributed by atoms with Crippen molar-refractivity contribution in [1.82, 2.24) is 4.57 Å². The van der Waals surface area contributed by atoms with Crippen molar-refractivity contribution in [3.05, 3.63) is 193 Å². The van der Waals surface area contributed by atoms with Gasteiger partial charge in [-0.05, 0) is 111 Å². The number of rotatable bonds is 7. The van der Waals surface area contributed by atoms with Gasteiger partial charge in [0.1, 0.15) is 0 Å². The number of fused-ring (bicyclic) bond motifs is 3. The summed E-state index contributed by atoms with van der Waals surface area (Å²) in [6.45, 7) is 2.31. The Morgan fingerprint density at radius 1 is 0.510 bits per heavy atom. The first-order valence-electron chi connectivity index (χ1n) is 17.8. The number of benzene rings is 7. The highest BCUT2D eigenvalue weighted by molar-refractivity contribution is 5.95. The Hall–Kier alpha value is -6.38. The zero-order valence-electron chi connectivity index (χ0n) is 28.6. The second-order valence-corrected chi connectivity index (χ2v) is 13.6. The molecule has 1 unspecified atom stereocenters. The monoisotopic (exact) mass is 654 g/mol. The molecule has 244 valence electrons. The lowest BCUT2D eigenvalue weighted by Crippen LogP contribution is -2.05. The summed E-state index contributed by atoms with van der Waals surface area (Å²) in [7, 11) is 0. The molecule has 1 aliphatic carbocycles. The van der Waals surface area contributed by atoms with E-state index in [4.69, 9.17) is 0 Å². The van der Waals surface area contributed by atoms with Crippen molar-refractivity contribution in [3.8, 4) is 50.2 Å². The Balaban J connectivity index is 1.10. The van der Waals surface area contributed by atoms with E-state index >= 15 is 0 Å². The molecule has 9 rings (SSSR count). The van der Waals surface area contributed by atoms with Crippen LogP contribution in [0.25, 0.3) is 67.2 Å². The van der Waals surface area contributed by atoms with Gasteiger partial charge in [0.25, 0.3) is 0 Å². The van der Waals surface area contributed by atoms with Crippen LogP contribution in [0.15, 0.2) is 182 Å². The van der Waals surface area contributed by atoms with E-state index in [1.54, 1.807) is 0 Å². The maximum absolute atomic E-state index is 3.73. The van der Waals surface area contributed by atoms with Gasteiger partial charge in [-0.1, -0.05) is 140 Å². The third-order valence-corrected chi connectivity index (χ3v) is 10.2. The fourth-order valence-electron chi connectivity index (χ4n) is 7.52. The average molecular weight is 655 g/mol. The normalized spacial score (nSPS) is 13.6. The molecule has 1 aliphatic rings. The zero-order chi connectivity index (χ0) is 34.1. The van der Waals surface area contributed by atoms with E-state index in [1.165, 1.54) is 72.4 Å². The van der Waals surface area contributed by atoms with Crippen LogP contribution in [0.3, 0.4) is 0 Å². The molecular weight excluding hydrogens is 617 g/mol. The van der Waals surface area contributed by atoms with E-state index in [1.807, 2.05) is 0 Å². The highest BCUT2D eigenvalue weighted by atomic mass is 15.0. The van der Waals surface area contributed by atoms with Crippen LogP contribution in [0.2, 0.25) is 0 Å². The summed E-state index contributed by atoms with van der Waals surface area (Å²) in [5.74, 6) is 0.498. The Bertz CT molecular complexity index is 2490. The highest BCUT2D eigenvalue weighted by Crippen LogP contribution is 2.40. The molecule has 0 saturated heterocycles. The molecule has 0 saturated carbocycles. The second-order valence-electron chi connectivity index (χ2n) is 13.6. The number of aromatic nitrogens is 1. The van der Waals surface area contributed by atoms with Crippen LogP contribution < -0.4 is 5.32 Å². The van der Waals surface area contributed by atoms with Crippen LogP contribution in [0, 0.1) is 5.92 Å². The van der Waals surface area contributed by atoms with Crippen molar-refractivity contribution >= 4 is 28.4 Å². The Kier molecular flexibility index (Phi) is 7.91. The smallest absolute Gasteiger partial charge is 0.0538 e. The Labute approximate surface area is 300 Å². The van der Waals surface area contributed by atoms with Crippen molar-refractivity contribution in [2.45, 2.75) is 13.3 Å². The van der Waals surface area contributed by atoms with Crippen LogP contribution in [0.5, 0.6) is 0 Å². The van der Waals surface area contributed by atoms with Gasteiger partial charge in [-0.15, -0.1) is 0 Å². The summed E-state index contributed by atoms with van der Waals surface area (Å²) < 4.78 is 2.44. The summed E-state index contributed by atoms with van der Waals surface area (Å²) >= 11 is 0. The third kappa shape index (κ3) is 5.96. The lowest BCUT2D eigenvalue weighted by Gasteiger charge is -2.16. The molecule has 1 atom stereocenters. The van der Waals surface area contributed by atoms with Crippen molar-refractivity contribution in [2.75, 3.05) is 5.32 Å². The van der Waals surface area contributed by atoms with Gasteiger partial charge in [0.05, 0.1) is 5.52 Å². The standard InChI is InChI=1S/C49H38N2/c1-34-17-29-48-45(31-34)46-33-41(23-30-49(46)51(48)43-26-20-38(21-27-43)36-13-7-3-8-14-36)40-22-28-47(44(32-40)39-15-9-4-10-16-39)50-42-24-18-37(19-25-42)35-11-5-2-6-12-35/h2-30,32-34,50H,31H2,1H3. The molecule has 0 amide bonds. The highest BCUT2D eigenvalue weighted by Gasteiger charge is 2.22. The van der Waals surface area contributed by atoms with E-state index in [0.29, 0.717) is 5.92 Å². The summed E-state index contributed by atoms with van der Waals surface area (Å²) in [6.07, 6.45) is 5.71.